The molecule has 0 saturated heterocycles. The van der Waals surface area contributed by atoms with E-state index in [4.69, 9.17) is 0 Å². The van der Waals surface area contributed by atoms with Gasteiger partial charge in [-0.2, -0.15) is 0 Å². The molecule has 296 valence electrons. The van der Waals surface area contributed by atoms with Gasteiger partial charge in [-0.15, -0.1) is 0 Å². The molecule has 63 heavy (non-hydrogen) atoms. The smallest absolute Gasteiger partial charge is 0.0715 e. The van der Waals surface area contributed by atoms with Crippen molar-refractivity contribution in [1.82, 2.24) is 4.57 Å². The molecule has 10 aromatic carbocycles. The van der Waals surface area contributed by atoms with Crippen LogP contribution in [0.2, 0.25) is 0 Å². The first-order valence-corrected chi connectivity index (χ1v) is 21.7. The average Bonchev–Trinajstić information content (AvgIpc) is 3.92. The van der Waals surface area contributed by atoms with Gasteiger partial charge in [-0.3, -0.25) is 0 Å². The predicted octanol–water partition coefficient (Wildman–Crippen LogP) is 16.0. The Labute approximate surface area is 368 Å². The highest BCUT2D eigenvalue weighted by molar-refractivity contribution is 6.00. The van der Waals surface area contributed by atoms with Gasteiger partial charge in [-0.05, 0) is 122 Å². The summed E-state index contributed by atoms with van der Waals surface area (Å²) in [6, 6.07) is 91.2. The number of aromatic nitrogens is 1. The van der Waals surface area contributed by atoms with Crippen molar-refractivity contribution < 1.29 is 0 Å². The van der Waals surface area contributed by atoms with Gasteiger partial charge in [0.15, 0.2) is 0 Å². The molecule has 0 atom stereocenters. The van der Waals surface area contributed by atoms with Gasteiger partial charge in [-0.25, -0.2) is 0 Å². The van der Waals surface area contributed by atoms with Crippen LogP contribution < -0.4 is 4.90 Å². The number of benzene rings is 10. The van der Waals surface area contributed by atoms with Crippen LogP contribution in [0.3, 0.4) is 0 Å². The average molecular weight is 803 g/mol. The number of anilines is 3. The fourth-order valence-electron chi connectivity index (χ4n) is 10.2. The van der Waals surface area contributed by atoms with Crippen molar-refractivity contribution in [3.8, 4) is 39.1 Å². The van der Waals surface area contributed by atoms with Crippen LogP contribution in [0.1, 0.15) is 22.3 Å². The van der Waals surface area contributed by atoms with Crippen LogP contribution in [-0.4, -0.2) is 4.57 Å². The Hall–Kier alpha value is -8.20. The Kier molecular flexibility index (Phi) is 8.76. The molecular formula is C61H42N2. The van der Waals surface area contributed by atoms with Gasteiger partial charge in [0.05, 0.1) is 16.6 Å². The zero-order valence-electron chi connectivity index (χ0n) is 34.6. The molecule has 11 aromatic rings. The van der Waals surface area contributed by atoms with Gasteiger partial charge in [-0.1, -0.05) is 188 Å². The van der Waals surface area contributed by atoms with Gasteiger partial charge in [0.2, 0.25) is 0 Å². The maximum absolute atomic E-state index is 2.47. The fraction of sp³-hybridized carbons (Fsp3) is 0.0164. The lowest BCUT2D eigenvalue weighted by molar-refractivity contribution is 0.767. The minimum atomic E-state index is -0.607. The SMILES string of the molecule is c1ccc(-c2ccc(N(c3ccc4c(c3)C(c3ccccc3)(c3ccccc3)c3cc(-n5ccc6cc(-c7ccccc7)ccc65)ccc3-4)c3cccc4ccccc34)cc2)cc1. The predicted molar refractivity (Wildman–Crippen MR) is 264 cm³/mol. The molecule has 0 amide bonds. The normalized spacial score (nSPS) is 12.6. The summed E-state index contributed by atoms with van der Waals surface area (Å²) in [6.07, 6.45) is 2.22. The van der Waals surface area contributed by atoms with Crippen molar-refractivity contribution in [3.05, 3.63) is 277 Å². The topological polar surface area (TPSA) is 8.17 Å². The monoisotopic (exact) mass is 802 g/mol. The maximum atomic E-state index is 2.47. The van der Waals surface area contributed by atoms with Crippen molar-refractivity contribution in [3.63, 3.8) is 0 Å². The van der Waals surface area contributed by atoms with E-state index in [0.717, 1.165) is 22.7 Å². The van der Waals surface area contributed by atoms with Gasteiger partial charge in [0.1, 0.15) is 0 Å². The maximum Gasteiger partial charge on any atom is 0.0715 e. The molecule has 12 rings (SSSR count). The lowest BCUT2D eigenvalue weighted by Gasteiger charge is -2.35. The second kappa shape index (κ2) is 15.1. The summed E-state index contributed by atoms with van der Waals surface area (Å²) in [6.45, 7) is 0. The molecular weight excluding hydrogens is 761 g/mol. The number of rotatable bonds is 8. The van der Waals surface area contributed by atoms with Crippen molar-refractivity contribution in [2.45, 2.75) is 5.41 Å². The Morgan fingerprint density at radius 3 is 1.59 bits per heavy atom. The third-order valence-corrected chi connectivity index (χ3v) is 13.1. The number of fused-ring (bicyclic) bond motifs is 5. The molecule has 0 radical (unpaired) electrons. The second-order valence-corrected chi connectivity index (χ2v) is 16.5. The fourth-order valence-corrected chi connectivity index (χ4v) is 10.2. The molecule has 0 fully saturated rings. The first kappa shape index (κ1) is 36.6. The Morgan fingerprint density at radius 2 is 0.889 bits per heavy atom. The van der Waals surface area contributed by atoms with Crippen molar-refractivity contribution in [2.75, 3.05) is 4.90 Å². The van der Waals surface area contributed by atoms with E-state index in [1.54, 1.807) is 0 Å². The van der Waals surface area contributed by atoms with Crippen LogP contribution in [0.5, 0.6) is 0 Å². The summed E-state index contributed by atoms with van der Waals surface area (Å²) in [7, 11) is 0. The van der Waals surface area contributed by atoms with Crippen molar-refractivity contribution >= 4 is 38.7 Å². The highest BCUT2D eigenvalue weighted by atomic mass is 15.1. The molecule has 2 nitrogen and oxygen atoms in total. The van der Waals surface area contributed by atoms with E-state index in [0.29, 0.717) is 0 Å². The summed E-state index contributed by atoms with van der Waals surface area (Å²) < 4.78 is 2.35. The first-order chi connectivity index (χ1) is 31.2. The van der Waals surface area contributed by atoms with Crippen molar-refractivity contribution in [2.24, 2.45) is 0 Å². The molecule has 0 N–H and O–H groups in total. The standard InChI is InChI=1S/C61H42N2/c1-5-16-43(17-6-1)45-28-31-51(32-29-45)63(60-27-15-21-46-20-13-14-26-54(46)60)53-34-36-56-55-35-33-52(62-39-38-48-40-47(30-37-59(48)62)44-18-7-2-8-19-44)41-57(55)61(58(56)42-53,49-22-9-3-10-23-49)50-24-11-4-12-25-50/h1-42H. The molecule has 0 bridgehead atoms. The van der Waals surface area contributed by atoms with Crippen LogP contribution in [0.15, 0.2) is 255 Å². The molecule has 1 aromatic heterocycles. The van der Waals surface area contributed by atoms with Crippen LogP contribution in [0.4, 0.5) is 17.1 Å². The molecule has 2 heteroatoms. The summed E-state index contributed by atoms with van der Waals surface area (Å²) in [5.74, 6) is 0. The van der Waals surface area contributed by atoms with Gasteiger partial charge in [0.25, 0.3) is 0 Å². The molecule has 0 saturated carbocycles. The lowest BCUT2D eigenvalue weighted by Crippen LogP contribution is -2.29. The zero-order valence-corrected chi connectivity index (χ0v) is 34.6. The van der Waals surface area contributed by atoms with E-state index in [1.165, 1.54) is 77.3 Å². The Morgan fingerprint density at radius 1 is 0.349 bits per heavy atom. The minimum absolute atomic E-state index is 0.607. The van der Waals surface area contributed by atoms with E-state index in [9.17, 15) is 0 Å². The van der Waals surface area contributed by atoms with Crippen LogP contribution in [-0.2, 0) is 5.41 Å². The van der Waals surface area contributed by atoms with E-state index >= 15 is 0 Å². The summed E-state index contributed by atoms with van der Waals surface area (Å²) in [5, 5.41) is 3.62. The molecule has 0 spiro atoms. The molecule has 1 aliphatic rings. The Bertz CT molecular complexity index is 3380. The highest BCUT2D eigenvalue weighted by Gasteiger charge is 2.46. The molecule has 0 aliphatic heterocycles. The second-order valence-electron chi connectivity index (χ2n) is 16.5. The minimum Gasteiger partial charge on any atom is -0.317 e. The zero-order chi connectivity index (χ0) is 41.7. The third-order valence-electron chi connectivity index (χ3n) is 13.1. The molecule has 1 heterocycles. The lowest BCUT2D eigenvalue weighted by atomic mass is 9.67. The molecule has 1 aliphatic carbocycles. The molecule has 0 unspecified atom stereocenters. The van der Waals surface area contributed by atoms with Gasteiger partial charge in [0, 0.05) is 34.0 Å². The van der Waals surface area contributed by atoms with Crippen LogP contribution in [0.25, 0.3) is 60.7 Å². The number of nitrogens with zero attached hydrogens (tertiary/aromatic N) is 2. The van der Waals surface area contributed by atoms with Gasteiger partial charge < -0.3 is 9.47 Å². The van der Waals surface area contributed by atoms with E-state index < -0.39 is 5.41 Å². The van der Waals surface area contributed by atoms with E-state index in [-0.39, 0.29) is 0 Å². The largest absolute Gasteiger partial charge is 0.317 e. The van der Waals surface area contributed by atoms with Crippen molar-refractivity contribution in [1.29, 1.82) is 0 Å². The summed E-state index contributed by atoms with van der Waals surface area (Å²) >= 11 is 0. The summed E-state index contributed by atoms with van der Waals surface area (Å²) in [4.78, 5) is 2.45. The highest BCUT2D eigenvalue weighted by Crippen LogP contribution is 2.58. The van der Waals surface area contributed by atoms with Crippen LogP contribution in [0, 0.1) is 0 Å². The van der Waals surface area contributed by atoms with Gasteiger partial charge >= 0.3 is 0 Å². The quantitative estimate of drug-likeness (QED) is 0.149. The van der Waals surface area contributed by atoms with E-state index in [2.05, 4.69) is 264 Å². The Balaban J connectivity index is 1.08. The third kappa shape index (κ3) is 6.02. The van der Waals surface area contributed by atoms with E-state index in [1.807, 2.05) is 0 Å². The first-order valence-electron chi connectivity index (χ1n) is 21.7. The van der Waals surface area contributed by atoms with Crippen LogP contribution >= 0.6 is 0 Å². The number of hydrogen-bond acceptors (Lipinski definition) is 1. The summed E-state index contributed by atoms with van der Waals surface area (Å²) in [5.41, 5.74) is 17.4. The number of hydrogen-bond donors (Lipinski definition) is 0.